The molecule has 1 fully saturated rings. The van der Waals surface area contributed by atoms with E-state index >= 15 is 0 Å². The minimum Gasteiger partial charge on any atom is -0.378 e. The Balaban J connectivity index is 1.48. The van der Waals surface area contributed by atoms with Crippen LogP contribution in [0.25, 0.3) is 16.6 Å². The number of nitrogens with one attached hydrogen (secondary N) is 1. The molecule has 1 aliphatic rings. The van der Waals surface area contributed by atoms with Crippen molar-refractivity contribution in [2.75, 3.05) is 26.8 Å². The van der Waals surface area contributed by atoms with Gasteiger partial charge in [0, 0.05) is 36.4 Å². The minimum absolute atomic E-state index is 0.0461. The summed E-state index contributed by atoms with van der Waals surface area (Å²) in [6, 6.07) is 12.7. The van der Waals surface area contributed by atoms with Gasteiger partial charge in [0.2, 0.25) is 0 Å². The molecule has 2 atom stereocenters. The number of para-hydroxylation sites is 1. The number of rotatable bonds is 6. The van der Waals surface area contributed by atoms with Gasteiger partial charge >= 0.3 is 0 Å². The lowest BCUT2D eigenvalue weighted by Crippen LogP contribution is -2.50. The van der Waals surface area contributed by atoms with Crippen LogP contribution in [0.2, 0.25) is 0 Å². The molecule has 4 rings (SSSR count). The van der Waals surface area contributed by atoms with Crippen molar-refractivity contribution in [3.05, 3.63) is 60.6 Å². The predicted molar refractivity (Wildman–Crippen MR) is 114 cm³/mol. The van der Waals surface area contributed by atoms with E-state index in [1.165, 1.54) is 0 Å². The monoisotopic (exact) mass is 392 g/mol. The zero-order valence-electron chi connectivity index (χ0n) is 17.0. The fourth-order valence-electron chi connectivity index (χ4n) is 4.08. The molecule has 0 saturated carbocycles. The van der Waals surface area contributed by atoms with Gasteiger partial charge in [-0.2, -0.15) is 0 Å². The average molecular weight is 393 g/mol. The minimum atomic E-state index is -0.0461. The number of hydrogen-bond donors (Lipinski definition) is 1. The van der Waals surface area contributed by atoms with Crippen LogP contribution in [0.4, 0.5) is 0 Å². The average Bonchev–Trinajstić information content (AvgIpc) is 3.15. The number of aromatic nitrogens is 2. The molecule has 1 aliphatic heterocycles. The molecule has 3 aromatic rings. The van der Waals surface area contributed by atoms with Crippen LogP contribution >= 0.6 is 0 Å². The van der Waals surface area contributed by atoms with E-state index in [-0.39, 0.29) is 5.91 Å². The molecule has 1 aromatic carbocycles. The summed E-state index contributed by atoms with van der Waals surface area (Å²) in [5.41, 5.74) is 2.62. The highest BCUT2D eigenvalue weighted by Crippen LogP contribution is 2.24. The lowest BCUT2D eigenvalue weighted by atomic mass is 10.1. The van der Waals surface area contributed by atoms with Gasteiger partial charge in [0.1, 0.15) is 0 Å². The van der Waals surface area contributed by atoms with Gasteiger partial charge in [-0.3, -0.25) is 14.7 Å². The summed E-state index contributed by atoms with van der Waals surface area (Å²) in [6.07, 6.45) is 7.41. The van der Waals surface area contributed by atoms with Crippen LogP contribution in [0.15, 0.2) is 55.0 Å². The molecule has 1 saturated heterocycles. The number of benzene rings is 1. The quantitative estimate of drug-likeness (QED) is 0.700. The van der Waals surface area contributed by atoms with Crippen LogP contribution in [-0.4, -0.2) is 59.2 Å². The Hall–Kier alpha value is -2.70. The van der Waals surface area contributed by atoms with Crippen molar-refractivity contribution < 1.29 is 9.53 Å². The number of morpholine rings is 1. The molecule has 3 heterocycles. The van der Waals surface area contributed by atoms with Crippen molar-refractivity contribution in [2.45, 2.75) is 31.8 Å². The van der Waals surface area contributed by atoms with E-state index in [4.69, 9.17) is 4.74 Å². The Morgan fingerprint density at radius 3 is 2.83 bits per heavy atom. The first-order chi connectivity index (χ1) is 14.2. The molecular formula is C23H28N4O2. The van der Waals surface area contributed by atoms with Crippen LogP contribution in [0.1, 0.15) is 30.1 Å². The maximum atomic E-state index is 13.0. The van der Waals surface area contributed by atoms with Crippen molar-refractivity contribution >= 4 is 16.8 Å². The third-order valence-corrected chi connectivity index (χ3v) is 5.89. The van der Waals surface area contributed by atoms with Crippen LogP contribution < -0.4 is 5.32 Å². The third-order valence-electron chi connectivity index (χ3n) is 5.89. The summed E-state index contributed by atoms with van der Waals surface area (Å²) < 4.78 is 7.76. The lowest BCUT2D eigenvalue weighted by molar-refractivity contribution is -0.0389. The first kappa shape index (κ1) is 19.6. The van der Waals surface area contributed by atoms with Gasteiger partial charge in [0.05, 0.1) is 36.2 Å². The molecule has 29 heavy (non-hydrogen) atoms. The number of ether oxygens (including phenoxy) is 1. The Kier molecular flexibility index (Phi) is 5.92. The Morgan fingerprint density at radius 1 is 1.21 bits per heavy atom. The van der Waals surface area contributed by atoms with E-state index in [0.717, 1.165) is 42.6 Å². The molecule has 0 unspecified atom stereocenters. The summed E-state index contributed by atoms with van der Waals surface area (Å²) in [5.74, 6) is -0.0461. The first-order valence-electron chi connectivity index (χ1n) is 10.3. The fraction of sp³-hybridized carbons (Fsp3) is 0.391. The van der Waals surface area contributed by atoms with E-state index in [0.29, 0.717) is 24.2 Å². The SMILES string of the molecule is CC[C@H]1COC[C@H](CCNC(=O)c2cn(-c3cccnc3)c3ccccc23)N1C. The lowest BCUT2D eigenvalue weighted by Gasteiger charge is -2.39. The van der Waals surface area contributed by atoms with Gasteiger partial charge < -0.3 is 14.6 Å². The highest BCUT2D eigenvalue weighted by atomic mass is 16.5. The second-order valence-corrected chi connectivity index (χ2v) is 7.60. The highest BCUT2D eigenvalue weighted by molar-refractivity contribution is 6.07. The molecule has 1 amide bonds. The van der Waals surface area contributed by atoms with Crippen LogP contribution in [0.3, 0.4) is 0 Å². The Labute approximate surface area is 171 Å². The topological polar surface area (TPSA) is 59.4 Å². The number of fused-ring (bicyclic) bond motifs is 1. The standard InChI is InChI=1S/C23H28N4O2/c1-3-17-15-29-16-19(26(17)2)10-12-25-23(28)21-14-27(18-7-6-11-24-13-18)22-9-5-4-8-20(21)22/h4-9,11,13-14,17,19H,3,10,12,15-16H2,1-2H3,(H,25,28)/t17-,19-/m0/s1. The summed E-state index contributed by atoms with van der Waals surface area (Å²) in [7, 11) is 2.16. The van der Waals surface area contributed by atoms with Gasteiger partial charge in [-0.15, -0.1) is 0 Å². The summed E-state index contributed by atoms with van der Waals surface area (Å²) in [6.45, 7) is 4.33. The molecule has 152 valence electrons. The Morgan fingerprint density at radius 2 is 2.03 bits per heavy atom. The maximum Gasteiger partial charge on any atom is 0.253 e. The smallest absolute Gasteiger partial charge is 0.253 e. The van der Waals surface area contributed by atoms with Gasteiger partial charge in [-0.05, 0) is 38.1 Å². The molecule has 0 bridgehead atoms. The van der Waals surface area contributed by atoms with Crippen molar-refractivity contribution in [3.63, 3.8) is 0 Å². The second kappa shape index (κ2) is 8.76. The van der Waals surface area contributed by atoms with Crippen molar-refractivity contribution in [1.29, 1.82) is 0 Å². The zero-order chi connectivity index (χ0) is 20.2. The van der Waals surface area contributed by atoms with Crippen molar-refractivity contribution in [3.8, 4) is 5.69 Å². The summed E-state index contributed by atoms with van der Waals surface area (Å²) in [4.78, 5) is 19.6. The molecule has 0 aliphatic carbocycles. The van der Waals surface area contributed by atoms with E-state index in [1.807, 2.05) is 47.2 Å². The fourth-order valence-corrected chi connectivity index (χ4v) is 4.08. The molecule has 0 spiro atoms. The van der Waals surface area contributed by atoms with Crippen molar-refractivity contribution in [1.82, 2.24) is 19.8 Å². The van der Waals surface area contributed by atoms with Crippen molar-refractivity contribution in [2.24, 2.45) is 0 Å². The molecule has 0 radical (unpaired) electrons. The number of amides is 1. The molecule has 2 aromatic heterocycles. The van der Waals surface area contributed by atoms with E-state index < -0.39 is 0 Å². The maximum absolute atomic E-state index is 13.0. The van der Waals surface area contributed by atoms with Crippen LogP contribution in [-0.2, 0) is 4.74 Å². The van der Waals surface area contributed by atoms with Gasteiger partial charge in [-0.25, -0.2) is 0 Å². The van der Waals surface area contributed by atoms with E-state index in [2.05, 4.69) is 29.2 Å². The second-order valence-electron chi connectivity index (χ2n) is 7.60. The zero-order valence-corrected chi connectivity index (χ0v) is 17.0. The number of carbonyl (C=O) groups excluding carboxylic acids is 1. The highest BCUT2D eigenvalue weighted by Gasteiger charge is 2.26. The largest absolute Gasteiger partial charge is 0.378 e. The van der Waals surface area contributed by atoms with Gasteiger partial charge in [0.25, 0.3) is 5.91 Å². The van der Waals surface area contributed by atoms with E-state index in [1.54, 1.807) is 12.4 Å². The van der Waals surface area contributed by atoms with Gasteiger partial charge in [-0.1, -0.05) is 25.1 Å². The normalized spacial score (nSPS) is 20.1. The number of carbonyl (C=O) groups is 1. The molecular weight excluding hydrogens is 364 g/mol. The summed E-state index contributed by atoms with van der Waals surface area (Å²) >= 11 is 0. The molecule has 6 heteroatoms. The van der Waals surface area contributed by atoms with E-state index in [9.17, 15) is 4.79 Å². The van der Waals surface area contributed by atoms with Crippen LogP contribution in [0, 0.1) is 0 Å². The van der Waals surface area contributed by atoms with Crippen LogP contribution in [0.5, 0.6) is 0 Å². The first-order valence-corrected chi connectivity index (χ1v) is 10.3. The Bertz CT molecular complexity index is 969. The predicted octanol–water partition coefficient (Wildman–Crippen LogP) is 3.25. The summed E-state index contributed by atoms with van der Waals surface area (Å²) in [5, 5.41) is 4.05. The third kappa shape index (κ3) is 4.04. The number of likely N-dealkylation sites (N-methyl/N-ethyl adjacent to an activating group) is 1. The number of hydrogen-bond acceptors (Lipinski definition) is 4. The molecule has 6 nitrogen and oxygen atoms in total. The molecule has 1 N–H and O–H groups in total. The number of nitrogens with zero attached hydrogens (tertiary/aromatic N) is 3. The number of pyridine rings is 1. The van der Waals surface area contributed by atoms with Gasteiger partial charge in [0.15, 0.2) is 0 Å².